The molecule has 2 N–H and O–H groups in total. The molecule has 0 unspecified atom stereocenters. The van der Waals surface area contributed by atoms with Gasteiger partial charge >= 0.3 is 12.1 Å². The van der Waals surface area contributed by atoms with Crippen LogP contribution in [0, 0.1) is 0 Å². The number of nitrogens with zero attached hydrogens (tertiary/aromatic N) is 4. The molecule has 1 aliphatic heterocycles. The van der Waals surface area contributed by atoms with Crippen LogP contribution in [0.5, 0.6) is 0 Å². The van der Waals surface area contributed by atoms with Crippen molar-refractivity contribution in [3.8, 4) is 0 Å². The molecule has 0 aliphatic carbocycles. The number of aryl methyl sites for hydroxylation is 1. The summed E-state index contributed by atoms with van der Waals surface area (Å²) in [5.41, 5.74) is 0.271. The normalized spacial score (nSPS) is 15.0. The fourth-order valence-corrected chi connectivity index (χ4v) is 3.77. The van der Waals surface area contributed by atoms with Crippen molar-refractivity contribution in [2.45, 2.75) is 51.7 Å². The highest BCUT2D eigenvalue weighted by Gasteiger charge is 2.29. The molecule has 1 fully saturated rings. The predicted octanol–water partition coefficient (Wildman–Crippen LogP) is 4.00. The number of carbonyl (C=O) groups excluding carboxylic acids is 2. The third-order valence-corrected chi connectivity index (χ3v) is 5.42. The second-order valence-electron chi connectivity index (χ2n) is 9.22. The van der Waals surface area contributed by atoms with Crippen LogP contribution in [-0.4, -0.2) is 50.5 Å². The fourth-order valence-electron chi connectivity index (χ4n) is 3.77. The Labute approximate surface area is 192 Å². The van der Waals surface area contributed by atoms with Crippen molar-refractivity contribution >= 4 is 29.0 Å². The molecule has 3 heterocycles. The molecule has 0 bridgehead atoms. The highest BCUT2D eigenvalue weighted by atomic mass is 16.6. The highest BCUT2D eigenvalue weighted by Crippen LogP contribution is 2.27. The van der Waals surface area contributed by atoms with Crippen molar-refractivity contribution in [3.63, 3.8) is 0 Å². The first kappa shape index (κ1) is 22.6. The Kier molecular flexibility index (Phi) is 6.26. The maximum atomic E-state index is 12.4. The smallest absolute Gasteiger partial charge is 0.410 e. The Morgan fingerprint density at radius 2 is 1.94 bits per heavy atom. The van der Waals surface area contributed by atoms with Gasteiger partial charge in [0.15, 0.2) is 5.82 Å². The van der Waals surface area contributed by atoms with Gasteiger partial charge in [-0.25, -0.2) is 14.3 Å². The van der Waals surface area contributed by atoms with Crippen LogP contribution in [0.4, 0.5) is 15.5 Å². The Bertz CT molecular complexity index is 1100. The Balaban J connectivity index is 1.29. The molecule has 0 spiro atoms. The zero-order chi connectivity index (χ0) is 23.6. The summed E-state index contributed by atoms with van der Waals surface area (Å²) >= 11 is 0. The van der Waals surface area contributed by atoms with Crippen LogP contribution in [-0.2, 0) is 18.3 Å². The zero-order valence-corrected chi connectivity index (χ0v) is 19.4. The number of amides is 3. The number of anilines is 1. The molecule has 1 aromatic carbocycles. The number of urea groups is 1. The maximum Gasteiger partial charge on any atom is 0.410 e. The van der Waals surface area contributed by atoms with Gasteiger partial charge in [-0.3, -0.25) is 5.32 Å². The topological polar surface area (TPSA) is 115 Å². The Morgan fingerprint density at radius 3 is 2.64 bits per heavy atom. The number of carbonyl (C=O) groups is 2. The van der Waals surface area contributed by atoms with Gasteiger partial charge in [-0.15, -0.1) is 0 Å². The van der Waals surface area contributed by atoms with Gasteiger partial charge in [0.05, 0.1) is 6.54 Å². The molecule has 4 rings (SSSR count). The van der Waals surface area contributed by atoms with Crippen molar-refractivity contribution in [2.24, 2.45) is 7.05 Å². The quantitative estimate of drug-likeness (QED) is 0.616. The molecular weight excluding hydrogens is 424 g/mol. The lowest BCUT2D eigenvalue weighted by molar-refractivity contribution is 0.0203. The summed E-state index contributed by atoms with van der Waals surface area (Å²) in [4.78, 5) is 30.9. The minimum atomic E-state index is -0.512. The molecule has 0 saturated carbocycles. The SMILES string of the molecule is Cn1nc(C2CCN(C(=O)OC(C)(C)C)CC2)nc1NC(=O)NCc1cc2ccccc2o1. The number of furan rings is 1. The van der Waals surface area contributed by atoms with Crippen LogP contribution in [0.15, 0.2) is 34.7 Å². The number of hydrogen-bond acceptors (Lipinski definition) is 6. The van der Waals surface area contributed by atoms with Gasteiger partial charge in [-0.2, -0.15) is 10.1 Å². The van der Waals surface area contributed by atoms with Crippen molar-refractivity contribution < 1.29 is 18.7 Å². The lowest BCUT2D eigenvalue weighted by Gasteiger charge is -2.32. The van der Waals surface area contributed by atoms with Crippen molar-refractivity contribution in [1.29, 1.82) is 0 Å². The lowest BCUT2D eigenvalue weighted by Crippen LogP contribution is -2.41. The van der Waals surface area contributed by atoms with E-state index in [-0.39, 0.29) is 18.6 Å². The number of aromatic nitrogens is 3. The average Bonchev–Trinajstić information content (AvgIpc) is 3.34. The minimum Gasteiger partial charge on any atom is -0.459 e. The molecule has 3 amide bonds. The summed E-state index contributed by atoms with van der Waals surface area (Å²) in [6, 6.07) is 9.20. The van der Waals surface area contributed by atoms with Gasteiger partial charge in [0.25, 0.3) is 0 Å². The van der Waals surface area contributed by atoms with Crippen molar-refractivity contribution in [3.05, 3.63) is 41.9 Å². The van der Waals surface area contributed by atoms with E-state index in [2.05, 4.69) is 20.7 Å². The van der Waals surface area contributed by atoms with Crippen molar-refractivity contribution in [2.75, 3.05) is 18.4 Å². The van der Waals surface area contributed by atoms with E-state index in [9.17, 15) is 9.59 Å². The molecule has 176 valence electrons. The summed E-state index contributed by atoms with van der Waals surface area (Å²) in [5.74, 6) is 1.81. The first-order valence-electron chi connectivity index (χ1n) is 11.1. The standard InChI is InChI=1S/C23H30N6O4/c1-23(2,3)33-22(31)29-11-9-15(10-12-29)19-25-20(28(4)27-19)26-21(30)24-14-17-13-16-7-5-6-8-18(16)32-17/h5-8,13,15H,9-12,14H2,1-4H3,(H2,24,25,26,27,30). The summed E-state index contributed by atoms with van der Waals surface area (Å²) in [6.45, 7) is 7.00. The fraction of sp³-hybridized carbons (Fsp3) is 0.478. The van der Waals surface area contributed by atoms with E-state index >= 15 is 0 Å². The van der Waals surface area contributed by atoms with Gasteiger partial charge < -0.3 is 19.4 Å². The molecule has 3 aromatic rings. The summed E-state index contributed by atoms with van der Waals surface area (Å²) < 4.78 is 12.7. The maximum absolute atomic E-state index is 12.4. The van der Waals surface area contributed by atoms with E-state index in [1.54, 1.807) is 16.6 Å². The monoisotopic (exact) mass is 454 g/mol. The third-order valence-electron chi connectivity index (χ3n) is 5.42. The van der Waals surface area contributed by atoms with Gasteiger partial charge in [0.2, 0.25) is 5.95 Å². The lowest BCUT2D eigenvalue weighted by atomic mass is 9.96. The number of piperidine rings is 1. The first-order chi connectivity index (χ1) is 15.7. The Hall–Kier alpha value is -3.56. The number of para-hydroxylation sites is 1. The molecule has 33 heavy (non-hydrogen) atoms. The van der Waals surface area contributed by atoms with Crippen LogP contribution < -0.4 is 10.6 Å². The second kappa shape index (κ2) is 9.13. The van der Waals surface area contributed by atoms with Gasteiger partial charge in [-0.1, -0.05) is 18.2 Å². The van der Waals surface area contributed by atoms with E-state index in [4.69, 9.17) is 9.15 Å². The van der Waals surface area contributed by atoms with Crippen LogP contribution in [0.3, 0.4) is 0 Å². The molecule has 0 atom stereocenters. The molecular formula is C23H30N6O4. The second-order valence-corrected chi connectivity index (χ2v) is 9.22. The summed E-state index contributed by atoms with van der Waals surface area (Å²) in [5, 5.41) is 11.0. The number of rotatable bonds is 4. The van der Waals surface area contributed by atoms with Crippen molar-refractivity contribution in [1.82, 2.24) is 25.0 Å². The van der Waals surface area contributed by atoms with Gasteiger partial charge in [0, 0.05) is 31.4 Å². The van der Waals surface area contributed by atoms with E-state index in [0.29, 0.717) is 30.6 Å². The first-order valence-corrected chi connectivity index (χ1v) is 11.1. The number of benzene rings is 1. The van der Waals surface area contributed by atoms with E-state index in [1.807, 2.05) is 51.1 Å². The number of hydrogen-bond donors (Lipinski definition) is 2. The minimum absolute atomic E-state index is 0.115. The number of fused-ring (bicyclic) bond motifs is 1. The average molecular weight is 455 g/mol. The predicted molar refractivity (Wildman–Crippen MR) is 123 cm³/mol. The highest BCUT2D eigenvalue weighted by molar-refractivity contribution is 5.87. The molecule has 10 nitrogen and oxygen atoms in total. The molecule has 10 heteroatoms. The van der Waals surface area contributed by atoms with E-state index < -0.39 is 11.6 Å². The molecule has 1 aliphatic rings. The largest absolute Gasteiger partial charge is 0.459 e. The molecule has 0 radical (unpaired) electrons. The van der Waals surface area contributed by atoms with Crippen LogP contribution >= 0.6 is 0 Å². The number of nitrogens with one attached hydrogen (secondary N) is 2. The van der Waals surface area contributed by atoms with Crippen LogP contribution in [0.1, 0.15) is 51.1 Å². The molecule has 1 saturated heterocycles. The summed E-state index contributed by atoms with van der Waals surface area (Å²) in [7, 11) is 1.74. The number of ether oxygens (including phenoxy) is 1. The third kappa shape index (κ3) is 5.63. The summed E-state index contributed by atoms with van der Waals surface area (Å²) in [6.07, 6.45) is 1.18. The van der Waals surface area contributed by atoms with Gasteiger partial charge in [-0.05, 0) is 45.7 Å². The van der Waals surface area contributed by atoms with Gasteiger partial charge in [0.1, 0.15) is 16.9 Å². The Morgan fingerprint density at radius 1 is 1.21 bits per heavy atom. The van der Waals surface area contributed by atoms with E-state index in [0.717, 1.165) is 23.8 Å². The zero-order valence-electron chi connectivity index (χ0n) is 19.4. The van der Waals surface area contributed by atoms with Crippen LogP contribution in [0.2, 0.25) is 0 Å². The van der Waals surface area contributed by atoms with E-state index in [1.165, 1.54) is 0 Å². The number of likely N-dealkylation sites (tertiary alicyclic amines) is 1. The van der Waals surface area contributed by atoms with Crippen LogP contribution in [0.25, 0.3) is 11.0 Å². The molecule has 2 aromatic heterocycles.